The smallest absolute Gasteiger partial charge is 0.318 e. The normalized spacial score (nSPS) is 23.4. The van der Waals surface area contributed by atoms with Crippen molar-refractivity contribution in [2.24, 2.45) is 0 Å². The van der Waals surface area contributed by atoms with Gasteiger partial charge in [-0.05, 0) is 36.6 Å². The van der Waals surface area contributed by atoms with E-state index in [9.17, 15) is 4.79 Å². The molecule has 2 fully saturated rings. The van der Waals surface area contributed by atoms with Gasteiger partial charge in [-0.1, -0.05) is 0 Å². The molecule has 0 bridgehead atoms. The lowest BCUT2D eigenvalue weighted by molar-refractivity contribution is 0.113. The first-order chi connectivity index (χ1) is 9.75. The van der Waals surface area contributed by atoms with E-state index in [1.54, 1.807) is 0 Å². The van der Waals surface area contributed by atoms with E-state index in [0.717, 1.165) is 31.6 Å². The zero-order valence-corrected chi connectivity index (χ0v) is 11.7. The highest BCUT2D eigenvalue weighted by molar-refractivity contribution is 5.74. The summed E-state index contributed by atoms with van der Waals surface area (Å²) in [6, 6.07) is 0.438. The second-order valence-electron chi connectivity index (χ2n) is 5.40. The molecular weight excluding hydrogens is 260 g/mol. The zero-order chi connectivity index (χ0) is 13.9. The van der Waals surface area contributed by atoms with Crippen molar-refractivity contribution in [3.8, 4) is 0 Å². The first kappa shape index (κ1) is 13.3. The van der Waals surface area contributed by atoms with Gasteiger partial charge in [0.1, 0.15) is 0 Å². The molecule has 1 saturated heterocycles. The second kappa shape index (κ2) is 5.74. The number of aromatic nitrogens is 4. The monoisotopic (exact) mass is 280 g/mol. The number of nitrogens with zero attached hydrogens (tertiary/aromatic N) is 5. The van der Waals surface area contributed by atoms with Crippen molar-refractivity contribution in [3.05, 3.63) is 5.82 Å². The maximum Gasteiger partial charge on any atom is 0.318 e. The molecule has 1 unspecified atom stereocenters. The highest BCUT2D eigenvalue weighted by Gasteiger charge is 2.28. The van der Waals surface area contributed by atoms with Crippen LogP contribution < -0.4 is 5.32 Å². The molecule has 1 saturated carbocycles. The molecule has 1 aromatic rings. The van der Waals surface area contributed by atoms with Crippen LogP contribution in [0.15, 0.2) is 0 Å². The third kappa shape index (κ3) is 2.90. The Morgan fingerprint density at radius 3 is 3.15 bits per heavy atom. The molecule has 0 radical (unpaired) electrons. The lowest BCUT2D eigenvalue weighted by Gasteiger charge is -2.26. The number of hydrogen-bond acceptors (Lipinski definition) is 5. The number of ether oxygens (including phenoxy) is 1. The van der Waals surface area contributed by atoms with Gasteiger partial charge in [-0.25, -0.2) is 9.48 Å². The number of nitrogens with one attached hydrogen (secondary N) is 1. The molecule has 1 aromatic heterocycles. The molecule has 3 rings (SSSR count). The number of rotatable bonds is 3. The van der Waals surface area contributed by atoms with Crippen LogP contribution in [0.1, 0.15) is 38.1 Å². The summed E-state index contributed by atoms with van der Waals surface area (Å²) in [6.07, 6.45) is 3.11. The molecule has 2 heterocycles. The Labute approximate surface area is 117 Å². The lowest BCUT2D eigenvalue weighted by atomic mass is 10.3. The summed E-state index contributed by atoms with van der Waals surface area (Å²) in [5, 5.41) is 14.5. The van der Waals surface area contributed by atoms with Gasteiger partial charge in [-0.15, -0.1) is 5.10 Å². The number of carbonyl (C=O) groups is 1. The van der Waals surface area contributed by atoms with Gasteiger partial charge in [0, 0.05) is 13.2 Å². The van der Waals surface area contributed by atoms with E-state index in [-0.39, 0.29) is 12.1 Å². The van der Waals surface area contributed by atoms with Crippen LogP contribution in [0, 0.1) is 0 Å². The van der Waals surface area contributed by atoms with Gasteiger partial charge in [-0.3, -0.25) is 0 Å². The first-order valence-corrected chi connectivity index (χ1v) is 7.14. The van der Waals surface area contributed by atoms with Gasteiger partial charge in [0.05, 0.1) is 25.2 Å². The SMILES string of the molecule is CC1COCCCN1C(=O)NCc1nnnn1C1CC1. The van der Waals surface area contributed by atoms with Gasteiger partial charge in [-0.2, -0.15) is 0 Å². The van der Waals surface area contributed by atoms with E-state index in [1.807, 2.05) is 16.5 Å². The number of tetrazole rings is 1. The lowest BCUT2D eigenvalue weighted by Crippen LogP contribution is -2.46. The Morgan fingerprint density at radius 1 is 1.50 bits per heavy atom. The van der Waals surface area contributed by atoms with Gasteiger partial charge < -0.3 is 15.0 Å². The zero-order valence-electron chi connectivity index (χ0n) is 11.7. The van der Waals surface area contributed by atoms with E-state index in [4.69, 9.17) is 4.74 Å². The summed E-state index contributed by atoms with van der Waals surface area (Å²) in [5.41, 5.74) is 0. The topological polar surface area (TPSA) is 85.2 Å². The minimum absolute atomic E-state index is 0.0756. The van der Waals surface area contributed by atoms with Crippen LogP contribution in [0.25, 0.3) is 0 Å². The van der Waals surface area contributed by atoms with E-state index in [0.29, 0.717) is 25.8 Å². The summed E-state index contributed by atoms with van der Waals surface area (Å²) in [4.78, 5) is 14.1. The van der Waals surface area contributed by atoms with Gasteiger partial charge in [0.25, 0.3) is 0 Å². The summed E-state index contributed by atoms with van der Waals surface area (Å²) < 4.78 is 7.25. The van der Waals surface area contributed by atoms with Crippen LogP contribution in [0.2, 0.25) is 0 Å². The highest BCUT2D eigenvalue weighted by Crippen LogP contribution is 2.34. The van der Waals surface area contributed by atoms with Crippen LogP contribution >= 0.6 is 0 Å². The fourth-order valence-corrected chi connectivity index (χ4v) is 2.39. The highest BCUT2D eigenvalue weighted by atomic mass is 16.5. The molecule has 110 valence electrons. The molecule has 1 aliphatic heterocycles. The Hall–Kier alpha value is -1.70. The maximum absolute atomic E-state index is 12.2. The fourth-order valence-electron chi connectivity index (χ4n) is 2.39. The number of carbonyl (C=O) groups excluding carboxylic acids is 1. The van der Waals surface area contributed by atoms with Crippen molar-refractivity contribution >= 4 is 6.03 Å². The van der Waals surface area contributed by atoms with Crippen LogP contribution in [0.4, 0.5) is 4.79 Å². The van der Waals surface area contributed by atoms with E-state index in [2.05, 4.69) is 20.8 Å². The van der Waals surface area contributed by atoms with E-state index in [1.165, 1.54) is 0 Å². The molecule has 1 atom stereocenters. The third-order valence-corrected chi connectivity index (χ3v) is 3.69. The largest absolute Gasteiger partial charge is 0.379 e. The Kier molecular flexibility index (Phi) is 3.81. The Morgan fingerprint density at radius 2 is 2.35 bits per heavy atom. The summed E-state index contributed by atoms with van der Waals surface area (Å²) in [5.74, 6) is 0.722. The van der Waals surface area contributed by atoms with Crippen LogP contribution in [0.3, 0.4) is 0 Å². The van der Waals surface area contributed by atoms with Crippen molar-refractivity contribution in [2.75, 3.05) is 19.8 Å². The molecule has 8 heteroatoms. The average molecular weight is 280 g/mol. The van der Waals surface area contributed by atoms with Crippen molar-refractivity contribution < 1.29 is 9.53 Å². The molecule has 0 spiro atoms. The predicted octanol–water partition coefficient (Wildman–Crippen LogP) is 0.328. The van der Waals surface area contributed by atoms with Gasteiger partial charge in [0.15, 0.2) is 5.82 Å². The third-order valence-electron chi connectivity index (χ3n) is 3.69. The molecule has 2 aliphatic rings. The van der Waals surface area contributed by atoms with E-state index >= 15 is 0 Å². The summed E-state index contributed by atoms with van der Waals surface area (Å²) in [6.45, 7) is 4.40. The predicted molar refractivity (Wildman–Crippen MR) is 69.9 cm³/mol. The molecule has 1 aliphatic carbocycles. The van der Waals surface area contributed by atoms with Crippen LogP contribution in [-0.4, -0.2) is 56.9 Å². The average Bonchev–Trinajstić information content (AvgIpc) is 3.21. The number of amides is 2. The quantitative estimate of drug-likeness (QED) is 0.862. The molecule has 2 amide bonds. The molecule has 8 nitrogen and oxygen atoms in total. The molecule has 20 heavy (non-hydrogen) atoms. The van der Waals surface area contributed by atoms with Crippen molar-refractivity contribution in [1.29, 1.82) is 0 Å². The van der Waals surface area contributed by atoms with Crippen molar-refractivity contribution in [3.63, 3.8) is 0 Å². The number of hydrogen-bond donors (Lipinski definition) is 1. The molecule has 0 aromatic carbocycles. The van der Waals surface area contributed by atoms with Crippen LogP contribution in [0.5, 0.6) is 0 Å². The summed E-state index contributed by atoms with van der Waals surface area (Å²) in [7, 11) is 0. The Bertz CT molecular complexity index is 472. The first-order valence-electron chi connectivity index (χ1n) is 7.14. The number of urea groups is 1. The van der Waals surface area contributed by atoms with Crippen molar-refractivity contribution in [2.45, 2.75) is 44.8 Å². The van der Waals surface area contributed by atoms with E-state index < -0.39 is 0 Å². The second-order valence-corrected chi connectivity index (χ2v) is 5.40. The van der Waals surface area contributed by atoms with Crippen LogP contribution in [-0.2, 0) is 11.3 Å². The fraction of sp³-hybridized carbons (Fsp3) is 0.833. The molecule has 1 N–H and O–H groups in total. The molecular formula is C12H20N6O2. The summed E-state index contributed by atoms with van der Waals surface area (Å²) >= 11 is 0. The minimum atomic E-state index is -0.0756. The minimum Gasteiger partial charge on any atom is -0.379 e. The maximum atomic E-state index is 12.2. The standard InChI is InChI=1S/C12H20N6O2/c1-9-8-20-6-2-5-17(9)12(19)13-7-11-14-15-16-18(11)10-3-4-10/h9-10H,2-8H2,1H3,(H,13,19). The van der Waals surface area contributed by atoms with Crippen molar-refractivity contribution in [1.82, 2.24) is 30.4 Å². The van der Waals surface area contributed by atoms with Gasteiger partial charge in [0.2, 0.25) is 0 Å². The Balaban J connectivity index is 1.56. The van der Waals surface area contributed by atoms with Gasteiger partial charge >= 0.3 is 6.03 Å².